The second-order valence-electron chi connectivity index (χ2n) is 4.26. The molecule has 0 saturated carbocycles. The van der Waals surface area contributed by atoms with Crippen LogP contribution in [0.2, 0.25) is 5.02 Å². The highest BCUT2D eigenvalue weighted by atomic mass is 35.5. The lowest BCUT2D eigenvalue weighted by atomic mass is 10.2. The number of hydrogen-bond donors (Lipinski definition) is 0. The predicted molar refractivity (Wildman–Crippen MR) is 79.7 cm³/mol. The zero-order valence-corrected chi connectivity index (χ0v) is 12.5. The molecule has 20 heavy (non-hydrogen) atoms. The van der Waals surface area contributed by atoms with Gasteiger partial charge in [0.25, 0.3) is 0 Å². The second-order valence-corrected chi connectivity index (χ2v) is 5.99. The van der Waals surface area contributed by atoms with E-state index in [9.17, 15) is 9.59 Å². The van der Waals surface area contributed by atoms with Gasteiger partial charge >= 0.3 is 5.97 Å². The van der Waals surface area contributed by atoms with E-state index in [-0.39, 0.29) is 18.6 Å². The maximum atomic E-state index is 11.8. The lowest BCUT2D eigenvalue weighted by Crippen LogP contribution is -2.10. The number of rotatable bonds is 5. The smallest absolute Gasteiger partial charge is 0.311 e. The minimum Gasteiger partial charge on any atom is -0.427 e. The minimum atomic E-state index is -0.422. The molecule has 0 spiro atoms. The van der Waals surface area contributed by atoms with Crippen molar-refractivity contribution < 1.29 is 14.3 Å². The molecule has 1 aromatic carbocycles. The van der Waals surface area contributed by atoms with Crippen LogP contribution in [0.3, 0.4) is 0 Å². The summed E-state index contributed by atoms with van der Waals surface area (Å²) in [5, 5.41) is 0.577. The third-order valence-electron chi connectivity index (χ3n) is 2.62. The number of carbonyl (C=O) groups excluding carboxylic acids is 2. The topological polar surface area (TPSA) is 43.4 Å². The number of esters is 1. The Morgan fingerprint density at radius 1 is 1.10 bits per heavy atom. The molecular formula is C15H13ClO3S. The summed E-state index contributed by atoms with van der Waals surface area (Å²) < 4.78 is 5.11. The molecule has 0 fully saturated rings. The molecular weight excluding hydrogens is 296 g/mol. The van der Waals surface area contributed by atoms with E-state index < -0.39 is 5.97 Å². The van der Waals surface area contributed by atoms with Gasteiger partial charge in [-0.1, -0.05) is 11.6 Å². The van der Waals surface area contributed by atoms with E-state index in [1.165, 1.54) is 11.3 Å². The van der Waals surface area contributed by atoms with Gasteiger partial charge in [-0.3, -0.25) is 9.59 Å². The molecule has 0 atom stereocenters. The van der Waals surface area contributed by atoms with E-state index in [0.717, 1.165) is 4.88 Å². The minimum absolute atomic E-state index is 0.0313. The van der Waals surface area contributed by atoms with Crippen molar-refractivity contribution in [3.63, 3.8) is 0 Å². The van der Waals surface area contributed by atoms with Crippen LogP contribution in [0.25, 0.3) is 0 Å². The average molecular weight is 309 g/mol. The van der Waals surface area contributed by atoms with Gasteiger partial charge in [0.2, 0.25) is 0 Å². The van der Waals surface area contributed by atoms with Crippen LogP contribution in [-0.4, -0.2) is 11.8 Å². The molecule has 0 radical (unpaired) electrons. The summed E-state index contributed by atoms with van der Waals surface area (Å²) in [6.07, 6.45) is 0.227. The monoisotopic (exact) mass is 308 g/mol. The maximum Gasteiger partial charge on any atom is 0.311 e. The molecule has 0 N–H and O–H groups in total. The molecule has 0 amide bonds. The van der Waals surface area contributed by atoms with Crippen molar-refractivity contribution in [1.29, 1.82) is 0 Å². The number of aryl methyl sites for hydroxylation is 1. The number of Topliss-reactive ketones (excluding diaryl/α,β-unsaturated/α-hetero) is 1. The van der Waals surface area contributed by atoms with Crippen LogP contribution in [0, 0.1) is 6.92 Å². The molecule has 2 rings (SSSR count). The van der Waals surface area contributed by atoms with Crippen molar-refractivity contribution in [2.75, 3.05) is 0 Å². The zero-order valence-electron chi connectivity index (χ0n) is 10.9. The van der Waals surface area contributed by atoms with Crippen LogP contribution in [0.15, 0.2) is 36.4 Å². The lowest BCUT2D eigenvalue weighted by molar-refractivity contribution is -0.134. The quantitative estimate of drug-likeness (QED) is 0.470. The maximum absolute atomic E-state index is 11.8. The van der Waals surface area contributed by atoms with Crippen molar-refractivity contribution in [3.8, 4) is 5.75 Å². The Kier molecular flexibility index (Phi) is 4.93. The summed E-state index contributed by atoms with van der Waals surface area (Å²) >= 11 is 7.17. The Labute approximate surface area is 126 Å². The van der Waals surface area contributed by atoms with Crippen molar-refractivity contribution >= 4 is 34.7 Å². The van der Waals surface area contributed by atoms with Gasteiger partial charge in [-0.15, -0.1) is 11.3 Å². The number of thiophene rings is 1. The summed E-state index contributed by atoms with van der Waals surface area (Å²) in [5.41, 5.74) is 0. The van der Waals surface area contributed by atoms with E-state index in [1.54, 1.807) is 30.3 Å². The van der Waals surface area contributed by atoms with E-state index in [2.05, 4.69) is 0 Å². The number of ether oxygens (including phenoxy) is 1. The zero-order chi connectivity index (χ0) is 14.5. The first-order valence-electron chi connectivity index (χ1n) is 6.10. The first-order valence-corrected chi connectivity index (χ1v) is 7.30. The number of carbonyl (C=O) groups is 2. The Bertz CT molecular complexity index is 616. The van der Waals surface area contributed by atoms with Gasteiger partial charge in [0, 0.05) is 16.3 Å². The summed E-state index contributed by atoms with van der Waals surface area (Å²) in [5.74, 6) is -0.0241. The van der Waals surface area contributed by atoms with Gasteiger partial charge in [0.1, 0.15) is 5.75 Å². The van der Waals surface area contributed by atoms with E-state index >= 15 is 0 Å². The van der Waals surface area contributed by atoms with Gasteiger partial charge in [0.05, 0.1) is 11.3 Å². The third kappa shape index (κ3) is 4.18. The fraction of sp³-hybridized carbons (Fsp3) is 0.200. The molecule has 1 heterocycles. The Morgan fingerprint density at radius 3 is 2.40 bits per heavy atom. The van der Waals surface area contributed by atoms with Crippen molar-refractivity contribution in [2.45, 2.75) is 19.8 Å². The van der Waals surface area contributed by atoms with Crippen molar-refractivity contribution in [1.82, 2.24) is 0 Å². The van der Waals surface area contributed by atoms with Gasteiger partial charge in [-0.05, 0) is 43.3 Å². The Hall–Kier alpha value is -1.65. The predicted octanol–water partition coefficient (Wildman–Crippen LogP) is 4.28. The van der Waals surface area contributed by atoms with Crippen molar-refractivity contribution in [2.24, 2.45) is 0 Å². The fourth-order valence-electron chi connectivity index (χ4n) is 1.61. The highest BCUT2D eigenvalue weighted by Crippen LogP contribution is 2.19. The highest BCUT2D eigenvalue weighted by Gasteiger charge is 2.12. The van der Waals surface area contributed by atoms with E-state index in [4.69, 9.17) is 16.3 Å². The standard InChI is InChI=1S/C15H13ClO3S/c1-10-2-8-14(20-10)13(17)7-9-15(18)19-12-5-3-11(16)4-6-12/h2-6,8H,7,9H2,1H3. The first kappa shape index (κ1) is 14.8. The summed E-state index contributed by atoms with van der Waals surface area (Å²) in [7, 11) is 0. The molecule has 0 bridgehead atoms. The molecule has 1 aromatic heterocycles. The van der Waals surface area contributed by atoms with E-state index in [0.29, 0.717) is 15.6 Å². The summed E-state index contributed by atoms with van der Waals surface area (Å²) in [4.78, 5) is 25.2. The number of ketones is 1. The second kappa shape index (κ2) is 6.68. The van der Waals surface area contributed by atoms with E-state index in [1.807, 2.05) is 13.0 Å². The largest absolute Gasteiger partial charge is 0.427 e. The lowest BCUT2D eigenvalue weighted by Gasteiger charge is -2.03. The molecule has 0 saturated heterocycles. The average Bonchev–Trinajstić information content (AvgIpc) is 2.85. The highest BCUT2D eigenvalue weighted by molar-refractivity contribution is 7.14. The van der Waals surface area contributed by atoms with Gasteiger partial charge in [0.15, 0.2) is 5.78 Å². The van der Waals surface area contributed by atoms with Gasteiger partial charge < -0.3 is 4.74 Å². The molecule has 2 aromatic rings. The Balaban J connectivity index is 1.83. The molecule has 5 heteroatoms. The SMILES string of the molecule is Cc1ccc(C(=O)CCC(=O)Oc2ccc(Cl)cc2)s1. The molecule has 0 unspecified atom stereocenters. The number of hydrogen-bond acceptors (Lipinski definition) is 4. The fourth-order valence-corrected chi connectivity index (χ4v) is 2.57. The molecule has 0 aliphatic rings. The first-order chi connectivity index (χ1) is 9.54. The number of benzene rings is 1. The van der Waals surface area contributed by atoms with Crippen LogP contribution in [0.1, 0.15) is 27.4 Å². The van der Waals surface area contributed by atoms with Crippen LogP contribution < -0.4 is 4.74 Å². The molecule has 104 valence electrons. The van der Waals surface area contributed by atoms with Crippen LogP contribution >= 0.6 is 22.9 Å². The normalized spacial score (nSPS) is 10.3. The third-order valence-corrected chi connectivity index (χ3v) is 3.91. The van der Waals surface area contributed by atoms with Gasteiger partial charge in [-0.25, -0.2) is 0 Å². The van der Waals surface area contributed by atoms with Crippen LogP contribution in [-0.2, 0) is 4.79 Å². The van der Waals surface area contributed by atoms with Crippen LogP contribution in [0.4, 0.5) is 0 Å². The molecule has 3 nitrogen and oxygen atoms in total. The van der Waals surface area contributed by atoms with Crippen molar-refractivity contribution in [3.05, 3.63) is 51.2 Å². The molecule has 0 aliphatic heterocycles. The van der Waals surface area contributed by atoms with Crippen LogP contribution in [0.5, 0.6) is 5.75 Å². The van der Waals surface area contributed by atoms with Gasteiger partial charge in [-0.2, -0.15) is 0 Å². The summed E-state index contributed by atoms with van der Waals surface area (Å²) in [6.45, 7) is 1.94. The molecule has 0 aliphatic carbocycles. The Morgan fingerprint density at radius 2 is 1.80 bits per heavy atom. The summed E-state index contributed by atoms with van der Waals surface area (Å²) in [6, 6.07) is 10.2. The number of halogens is 1.